The molecule has 2 aromatic heterocycles. The summed E-state index contributed by atoms with van der Waals surface area (Å²) in [7, 11) is 1.59. The van der Waals surface area contributed by atoms with Gasteiger partial charge in [0, 0.05) is 44.3 Å². The second kappa shape index (κ2) is 8.95. The molecule has 1 atom stereocenters. The molecular formula is C25H27N5O4. The maximum Gasteiger partial charge on any atom is 0.417 e. The van der Waals surface area contributed by atoms with Crippen LogP contribution >= 0.6 is 0 Å². The van der Waals surface area contributed by atoms with Gasteiger partial charge in [0.25, 0.3) is 0 Å². The van der Waals surface area contributed by atoms with Crippen LogP contribution in [0.4, 0.5) is 5.82 Å². The van der Waals surface area contributed by atoms with Crippen LogP contribution in [0.2, 0.25) is 0 Å². The minimum Gasteiger partial charge on any atom is -0.408 e. The molecule has 2 fully saturated rings. The van der Waals surface area contributed by atoms with Crippen molar-refractivity contribution in [1.29, 1.82) is 5.26 Å². The van der Waals surface area contributed by atoms with E-state index in [0.717, 1.165) is 29.7 Å². The van der Waals surface area contributed by atoms with Gasteiger partial charge < -0.3 is 19.0 Å². The molecule has 3 aromatic rings. The van der Waals surface area contributed by atoms with E-state index in [1.54, 1.807) is 13.2 Å². The lowest BCUT2D eigenvalue weighted by Gasteiger charge is -2.41. The number of benzene rings is 1. The number of aromatic amines is 1. The fraction of sp³-hybridized carbons (Fsp3) is 0.440. The third-order valence-electron chi connectivity index (χ3n) is 6.61. The summed E-state index contributed by atoms with van der Waals surface area (Å²) in [5.74, 6) is 0.635. The third-order valence-corrected chi connectivity index (χ3v) is 6.61. The number of nitrogens with zero attached hydrogens (tertiary/aromatic N) is 4. The highest BCUT2D eigenvalue weighted by atomic mass is 16.5. The smallest absolute Gasteiger partial charge is 0.408 e. The zero-order valence-electron chi connectivity index (χ0n) is 19.3. The van der Waals surface area contributed by atoms with Crippen LogP contribution < -0.4 is 10.7 Å². The average Bonchev–Trinajstić information content (AvgIpc) is 3.61. The summed E-state index contributed by atoms with van der Waals surface area (Å²) in [6.07, 6.45) is 2.50. The Morgan fingerprint density at radius 2 is 2.15 bits per heavy atom. The number of aromatic nitrogens is 2. The number of amides is 1. The van der Waals surface area contributed by atoms with Crippen LogP contribution in [0, 0.1) is 11.3 Å². The van der Waals surface area contributed by atoms with Crippen molar-refractivity contribution in [2.45, 2.75) is 38.1 Å². The second-order valence-electron chi connectivity index (χ2n) is 9.03. The van der Waals surface area contributed by atoms with Crippen LogP contribution in [0.3, 0.4) is 0 Å². The summed E-state index contributed by atoms with van der Waals surface area (Å²) in [6, 6.07) is 9.79. The van der Waals surface area contributed by atoms with E-state index in [-0.39, 0.29) is 11.9 Å². The van der Waals surface area contributed by atoms with Crippen LogP contribution in [0.25, 0.3) is 22.2 Å². The van der Waals surface area contributed by atoms with Gasteiger partial charge >= 0.3 is 5.76 Å². The summed E-state index contributed by atoms with van der Waals surface area (Å²) in [6.45, 7) is 4.26. The molecule has 1 saturated heterocycles. The first-order chi connectivity index (χ1) is 16.5. The molecule has 1 amide bonds. The van der Waals surface area contributed by atoms with Crippen molar-refractivity contribution >= 4 is 22.8 Å². The van der Waals surface area contributed by atoms with Gasteiger partial charge in [-0.3, -0.25) is 9.78 Å². The van der Waals surface area contributed by atoms with Crippen molar-refractivity contribution in [3.05, 3.63) is 46.1 Å². The molecule has 0 radical (unpaired) electrons. The molecule has 1 saturated carbocycles. The van der Waals surface area contributed by atoms with E-state index >= 15 is 0 Å². The summed E-state index contributed by atoms with van der Waals surface area (Å²) >= 11 is 0. The normalized spacial score (nSPS) is 18.3. The van der Waals surface area contributed by atoms with E-state index in [1.807, 2.05) is 30.0 Å². The predicted molar refractivity (Wildman–Crippen MR) is 127 cm³/mol. The van der Waals surface area contributed by atoms with Gasteiger partial charge in [-0.2, -0.15) is 5.26 Å². The Kier molecular flexibility index (Phi) is 5.84. The number of pyridine rings is 1. The number of anilines is 1. The zero-order valence-corrected chi connectivity index (χ0v) is 19.3. The van der Waals surface area contributed by atoms with Crippen LogP contribution in [-0.4, -0.2) is 60.2 Å². The quantitative estimate of drug-likeness (QED) is 0.600. The van der Waals surface area contributed by atoms with Gasteiger partial charge in [-0.1, -0.05) is 6.07 Å². The number of carbonyl (C=O) groups excluding carboxylic acids is 1. The summed E-state index contributed by atoms with van der Waals surface area (Å²) in [5.41, 5.74) is 4.41. The predicted octanol–water partition coefficient (Wildman–Crippen LogP) is 3.01. The van der Waals surface area contributed by atoms with Gasteiger partial charge in [-0.25, -0.2) is 9.78 Å². The Balaban J connectivity index is 1.47. The standard InChI is InChI=1S/C25H27N5O4/c1-15-14-29(8-9-30(15)22(31)7-10-33-2)24-18(13-26)11-19(23(28-24)16-3-4-16)17-5-6-21-20(12-17)27-25(32)34-21/h5-6,11-12,15-16H,3-4,7-10,14H2,1-2H3,(H,27,32)/t15-/m1/s1. The molecule has 1 aliphatic carbocycles. The highest BCUT2D eigenvalue weighted by Gasteiger charge is 2.33. The summed E-state index contributed by atoms with van der Waals surface area (Å²) in [5, 5.41) is 9.99. The molecule has 0 bridgehead atoms. The fourth-order valence-electron chi connectivity index (χ4n) is 4.71. The Morgan fingerprint density at radius 3 is 2.85 bits per heavy atom. The minimum atomic E-state index is -0.491. The van der Waals surface area contributed by atoms with Gasteiger partial charge in [0.15, 0.2) is 5.58 Å². The minimum absolute atomic E-state index is 0.0100. The zero-order chi connectivity index (χ0) is 23.8. The lowest BCUT2D eigenvalue weighted by Crippen LogP contribution is -2.54. The number of piperazine rings is 1. The maximum atomic E-state index is 12.5. The number of fused-ring (bicyclic) bond motifs is 1. The molecule has 3 heterocycles. The summed E-state index contributed by atoms with van der Waals surface area (Å²) in [4.78, 5) is 35.8. The number of methoxy groups -OCH3 is 1. The Hall–Kier alpha value is -3.64. The molecule has 34 heavy (non-hydrogen) atoms. The van der Waals surface area contributed by atoms with Crippen LogP contribution in [-0.2, 0) is 9.53 Å². The van der Waals surface area contributed by atoms with Crippen molar-refractivity contribution in [2.24, 2.45) is 0 Å². The van der Waals surface area contributed by atoms with Gasteiger partial charge in [-0.15, -0.1) is 0 Å². The van der Waals surface area contributed by atoms with Crippen LogP contribution in [0.15, 0.2) is 33.5 Å². The topological polar surface area (TPSA) is 115 Å². The Bertz CT molecular complexity index is 1330. The third kappa shape index (κ3) is 4.17. The molecule has 1 aliphatic heterocycles. The van der Waals surface area contributed by atoms with E-state index in [9.17, 15) is 14.9 Å². The van der Waals surface area contributed by atoms with E-state index in [2.05, 4.69) is 16.0 Å². The first-order valence-corrected chi connectivity index (χ1v) is 11.6. The van der Waals surface area contributed by atoms with E-state index in [1.165, 1.54) is 0 Å². The number of ether oxygens (including phenoxy) is 1. The van der Waals surface area contributed by atoms with E-state index < -0.39 is 5.76 Å². The van der Waals surface area contributed by atoms with Crippen LogP contribution in [0.5, 0.6) is 0 Å². The Morgan fingerprint density at radius 1 is 1.32 bits per heavy atom. The van der Waals surface area contributed by atoms with E-state index in [0.29, 0.717) is 61.1 Å². The Labute approximate surface area is 196 Å². The van der Waals surface area contributed by atoms with Crippen molar-refractivity contribution in [3.8, 4) is 17.2 Å². The molecule has 1 aromatic carbocycles. The number of nitrogens with one attached hydrogen (secondary N) is 1. The molecule has 5 rings (SSSR count). The lowest BCUT2D eigenvalue weighted by molar-refractivity contribution is -0.134. The number of oxazole rings is 1. The molecule has 2 aliphatic rings. The highest BCUT2D eigenvalue weighted by Crippen LogP contribution is 2.45. The largest absolute Gasteiger partial charge is 0.417 e. The van der Waals surface area contributed by atoms with Gasteiger partial charge in [0.05, 0.1) is 29.8 Å². The van der Waals surface area contributed by atoms with Gasteiger partial charge in [0.2, 0.25) is 5.91 Å². The lowest BCUT2D eigenvalue weighted by atomic mass is 9.98. The average molecular weight is 462 g/mol. The first kappa shape index (κ1) is 22.2. The fourth-order valence-corrected chi connectivity index (χ4v) is 4.71. The summed E-state index contributed by atoms with van der Waals surface area (Å²) < 4.78 is 10.2. The monoisotopic (exact) mass is 461 g/mol. The van der Waals surface area contributed by atoms with Crippen molar-refractivity contribution < 1.29 is 13.9 Å². The number of H-pyrrole nitrogens is 1. The molecular weight excluding hydrogens is 434 g/mol. The van der Waals surface area contributed by atoms with Crippen molar-refractivity contribution in [1.82, 2.24) is 14.9 Å². The SMILES string of the molecule is COCCC(=O)N1CCN(c2nc(C3CC3)c(-c3ccc4oc(=O)[nH]c4c3)cc2C#N)C[C@H]1C. The molecule has 0 unspecified atom stereocenters. The first-order valence-electron chi connectivity index (χ1n) is 11.6. The molecule has 0 spiro atoms. The molecule has 1 N–H and O–H groups in total. The molecule has 9 nitrogen and oxygen atoms in total. The van der Waals surface area contributed by atoms with Crippen LogP contribution in [0.1, 0.15) is 43.4 Å². The number of hydrogen-bond donors (Lipinski definition) is 1. The van der Waals surface area contributed by atoms with E-state index in [4.69, 9.17) is 14.1 Å². The van der Waals surface area contributed by atoms with Crippen molar-refractivity contribution in [2.75, 3.05) is 38.3 Å². The highest BCUT2D eigenvalue weighted by molar-refractivity contribution is 5.82. The number of nitriles is 1. The maximum absolute atomic E-state index is 12.5. The van der Waals surface area contributed by atoms with Gasteiger partial charge in [0.1, 0.15) is 11.9 Å². The molecule has 176 valence electrons. The van der Waals surface area contributed by atoms with Gasteiger partial charge in [-0.05, 0) is 43.5 Å². The molecule has 9 heteroatoms. The number of rotatable bonds is 6. The number of carbonyl (C=O) groups is 1. The number of hydrogen-bond acceptors (Lipinski definition) is 7. The second-order valence-corrected chi connectivity index (χ2v) is 9.03. The van der Waals surface area contributed by atoms with Crippen molar-refractivity contribution in [3.63, 3.8) is 0 Å².